The Morgan fingerprint density at radius 1 is 1.31 bits per heavy atom. The molecule has 0 aromatic heterocycles. The van der Waals surface area contributed by atoms with Crippen LogP contribution < -0.4 is 10.6 Å². The first kappa shape index (κ1) is 15.7. The van der Waals surface area contributed by atoms with Gasteiger partial charge in [0.15, 0.2) is 5.11 Å². The zero-order chi connectivity index (χ0) is 12.2. The molecule has 0 amide bonds. The smallest absolute Gasteiger partial charge is 0.166 e. The standard InChI is InChI=1S/C12H26N2OS/c1-4-6-8-11(3)14-12(16)13-9-7-10-15-5-2/h11H,4-10H2,1-3H3,(H2,13,14,16). The van der Waals surface area contributed by atoms with E-state index in [4.69, 9.17) is 17.0 Å². The Kier molecular flexibility index (Phi) is 10.9. The van der Waals surface area contributed by atoms with Gasteiger partial charge >= 0.3 is 0 Å². The van der Waals surface area contributed by atoms with Crippen LogP contribution in [0, 0.1) is 0 Å². The third-order valence-electron chi connectivity index (χ3n) is 2.32. The van der Waals surface area contributed by atoms with Crippen molar-refractivity contribution < 1.29 is 4.74 Å². The molecule has 0 radical (unpaired) electrons. The van der Waals surface area contributed by atoms with Crippen LogP contribution in [0.25, 0.3) is 0 Å². The second-order valence-corrected chi connectivity index (χ2v) is 4.40. The first-order chi connectivity index (χ1) is 7.70. The summed E-state index contributed by atoms with van der Waals surface area (Å²) in [6.45, 7) is 8.86. The number of rotatable bonds is 9. The Morgan fingerprint density at radius 3 is 2.69 bits per heavy atom. The highest BCUT2D eigenvalue weighted by Gasteiger charge is 2.02. The van der Waals surface area contributed by atoms with Crippen molar-refractivity contribution >= 4 is 17.3 Å². The fraction of sp³-hybridized carbons (Fsp3) is 0.917. The van der Waals surface area contributed by atoms with Gasteiger partial charge in [0.1, 0.15) is 0 Å². The molecule has 0 fully saturated rings. The van der Waals surface area contributed by atoms with E-state index in [1.54, 1.807) is 0 Å². The lowest BCUT2D eigenvalue weighted by Gasteiger charge is -2.16. The SMILES string of the molecule is CCCCC(C)NC(=S)NCCCOCC. The zero-order valence-electron chi connectivity index (χ0n) is 10.8. The largest absolute Gasteiger partial charge is 0.382 e. The van der Waals surface area contributed by atoms with Gasteiger partial charge < -0.3 is 15.4 Å². The molecule has 0 aromatic rings. The summed E-state index contributed by atoms with van der Waals surface area (Å²) in [6, 6.07) is 0.465. The molecule has 3 nitrogen and oxygen atoms in total. The second-order valence-electron chi connectivity index (χ2n) is 3.99. The van der Waals surface area contributed by atoms with E-state index in [1.165, 1.54) is 19.3 Å². The molecule has 96 valence electrons. The van der Waals surface area contributed by atoms with Gasteiger partial charge in [0.25, 0.3) is 0 Å². The maximum atomic E-state index is 5.25. The summed E-state index contributed by atoms with van der Waals surface area (Å²) in [7, 11) is 0. The molecule has 0 aliphatic carbocycles. The number of hydrogen-bond acceptors (Lipinski definition) is 2. The van der Waals surface area contributed by atoms with Crippen LogP contribution in [0.1, 0.15) is 46.5 Å². The van der Waals surface area contributed by atoms with Gasteiger partial charge in [-0.1, -0.05) is 19.8 Å². The zero-order valence-corrected chi connectivity index (χ0v) is 11.7. The van der Waals surface area contributed by atoms with Gasteiger partial charge in [-0.25, -0.2) is 0 Å². The average Bonchev–Trinajstić information content (AvgIpc) is 2.26. The van der Waals surface area contributed by atoms with Gasteiger partial charge in [0.2, 0.25) is 0 Å². The third kappa shape index (κ3) is 10.2. The van der Waals surface area contributed by atoms with Gasteiger partial charge in [-0.05, 0) is 38.9 Å². The van der Waals surface area contributed by atoms with Gasteiger partial charge in [-0.3, -0.25) is 0 Å². The van der Waals surface area contributed by atoms with E-state index in [-0.39, 0.29) is 0 Å². The predicted molar refractivity (Wildman–Crippen MR) is 73.8 cm³/mol. The van der Waals surface area contributed by atoms with Gasteiger partial charge in [-0.15, -0.1) is 0 Å². The first-order valence-electron chi connectivity index (χ1n) is 6.32. The molecule has 0 spiro atoms. The lowest BCUT2D eigenvalue weighted by atomic mass is 10.1. The Hall–Kier alpha value is -0.350. The van der Waals surface area contributed by atoms with E-state index in [2.05, 4.69) is 24.5 Å². The van der Waals surface area contributed by atoms with Crippen LogP contribution in [0.4, 0.5) is 0 Å². The summed E-state index contributed by atoms with van der Waals surface area (Å²) < 4.78 is 5.25. The molecule has 0 saturated heterocycles. The van der Waals surface area contributed by atoms with Crippen LogP contribution in [-0.2, 0) is 4.74 Å². The van der Waals surface area contributed by atoms with Crippen molar-refractivity contribution in [2.24, 2.45) is 0 Å². The van der Waals surface area contributed by atoms with Crippen LogP contribution in [0.2, 0.25) is 0 Å². The van der Waals surface area contributed by atoms with Crippen LogP contribution in [0.3, 0.4) is 0 Å². The fourth-order valence-corrected chi connectivity index (χ4v) is 1.68. The quantitative estimate of drug-likeness (QED) is 0.484. The van der Waals surface area contributed by atoms with Crippen molar-refractivity contribution in [3.8, 4) is 0 Å². The molecule has 1 atom stereocenters. The number of thiocarbonyl (C=S) groups is 1. The normalized spacial score (nSPS) is 12.2. The fourth-order valence-electron chi connectivity index (χ4n) is 1.38. The molecule has 0 aliphatic rings. The molecule has 0 aromatic carbocycles. The van der Waals surface area contributed by atoms with E-state index in [9.17, 15) is 0 Å². The molecule has 0 aliphatic heterocycles. The Balaban J connectivity index is 3.36. The number of nitrogens with one attached hydrogen (secondary N) is 2. The average molecular weight is 246 g/mol. The highest BCUT2D eigenvalue weighted by Crippen LogP contribution is 1.98. The summed E-state index contributed by atoms with van der Waals surface area (Å²) in [5, 5.41) is 7.24. The number of ether oxygens (including phenoxy) is 1. The van der Waals surface area contributed by atoms with Crippen LogP contribution in [0.15, 0.2) is 0 Å². The Morgan fingerprint density at radius 2 is 2.06 bits per heavy atom. The first-order valence-corrected chi connectivity index (χ1v) is 6.73. The minimum absolute atomic E-state index is 0.465. The number of hydrogen-bond donors (Lipinski definition) is 2. The van der Waals surface area contributed by atoms with Crippen molar-refractivity contribution in [3.63, 3.8) is 0 Å². The highest BCUT2D eigenvalue weighted by atomic mass is 32.1. The van der Waals surface area contributed by atoms with Crippen LogP contribution in [-0.4, -0.2) is 30.9 Å². The third-order valence-corrected chi connectivity index (χ3v) is 2.59. The van der Waals surface area contributed by atoms with E-state index in [1.807, 2.05) is 6.92 Å². The molecule has 4 heteroatoms. The minimum Gasteiger partial charge on any atom is -0.382 e. The summed E-state index contributed by atoms with van der Waals surface area (Å²) in [4.78, 5) is 0. The molecule has 0 heterocycles. The van der Waals surface area contributed by atoms with Gasteiger partial charge in [0, 0.05) is 25.8 Å². The minimum atomic E-state index is 0.465. The summed E-state index contributed by atoms with van der Waals surface area (Å²) >= 11 is 5.20. The van der Waals surface area contributed by atoms with Crippen molar-refractivity contribution in [1.82, 2.24) is 10.6 Å². The monoisotopic (exact) mass is 246 g/mol. The molecule has 16 heavy (non-hydrogen) atoms. The van der Waals surface area contributed by atoms with Crippen molar-refractivity contribution in [2.75, 3.05) is 19.8 Å². The van der Waals surface area contributed by atoms with E-state index in [0.29, 0.717) is 6.04 Å². The molecule has 2 N–H and O–H groups in total. The lowest BCUT2D eigenvalue weighted by molar-refractivity contribution is 0.145. The second kappa shape index (κ2) is 11.1. The molecule has 1 unspecified atom stereocenters. The summed E-state index contributed by atoms with van der Waals surface area (Å²) in [6.07, 6.45) is 4.66. The van der Waals surface area contributed by atoms with Crippen molar-refractivity contribution in [2.45, 2.75) is 52.5 Å². The Labute approximate surface area is 105 Å². The van der Waals surface area contributed by atoms with E-state index >= 15 is 0 Å². The molecule has 0 saturated carbocycles. The van der Waals surface area contributed by atoms with E-state index in [0.717, 1.165) is 31.3 Å². The summed E-state index contributed by atoms with van der Waals surface area (Å²) in [5.41, 5.74) is 0. The lowest BCUT2D eigenvalue weighted by Crippen LogP contribution is -2.41. The topological polar surface area (TPSA) is 33.3 Å². The van der Waals surface area contributed by atoms with Crippen LogP contribution in [0.5, 0.6) is 0 Å². The molecule has 0 rings (SSSR count). The highest BCUT2D eigenvalue weighted by molar-refractivity contribution is 7.80. The predicted octanol–water partition coefficient (Wildman–Crippen LogP) is 2.46. The molecular weight excluding hydrogens is 220 g/mol. The van der Waals surface area contributed by atoms with E-state index < -0.39 is 0 Å². The van der Waals surface area contributed by atoms with Gasteiger partial charge in [-0.2, -0.15) is 0 Å². The maximum Gasteiger partial charge on any atom is 0.166 e. The maximum absolute atomic E-state index is 5.25. The van der Waals surface area contributed by atoms with Crippen molar-refractivity contribution in [1.29, 1.82) is 0 Å². The van der Waals surface area contributed by atoms with Crippen LogP contribution >= 0.6 is 12.2 Å². The molecule has 0 bridgehead atoms. The molecular formula is C12H26N2OS. The number of unbranched alkanes of at least 4 members (excludes halogenated alkanes) is 1. The van der Waals surface area contributed by atoms with Gasteiger partial charge in [0.05, 0.1) is 0 Å². The Bertz CT molecular complexity index is 176. The van der Waals surface area contributed by atoms with Crippen molar-refractivity contribution in [3.05, 3.63) is 0 Å². The summed E-state index contributed by atoms with van der Waals surface area (Å²) in [5.74, 6) is 0.